The van der Waals surface area contributed by atoms with Crippen LogP contribution < -0.4 is 10.2 Å². The maximum absolute atomic E-state index is 12.4. The second kappa shape index (κ2) is 7.41. The maximum Gasteiger partial charge on any atom is 0.270 e. The molecular formula is C18H22N4O3S. The summed E-state index contributed by atoms with van der Waals surface area (Å²) in [5.41, 5.74) is 2.43. The minimum absolute atomic E-state index is 0.0940. The van der Waals surface area contributed by atoms with Crippen molar-refractivity contribution >= 4 is 21.7 Å². The molecule has 0 spiro atoms. The summed E-state index contributed by atoms with van der Waals surface area (Å²) in [5.74, 6) is 0.340. The third-order valence-corrected chi connectivity index (χ3v) is 6.27. The Balaban J connectivity index is 1.66. The molecule has 0 saturated carbocycles. The zero-order valence-corrected chi connectivity index (χ0v) is 15.7. The molecule has 1 fully saturated rings. The lowest BCUT2D eigenvalue weighted by Crippen LogP contribution is -2.34. The molecule has 1 aliphatic heterocycles. The first-order valence-corrected chi connectivity index (χ1v) is 10.3. The van der Waals surface area contributed by atoms with Crippen LogP contribution in [0.3, 0.4) is 0 Å². The van der Waals surface area contributed by atoms with E-state index in [1.165, 1.54) is 6.20 Å². The molecule has 3 rings (SSSR count). The van der Waals surface area contributed by atoms with Gasteiger partial charge in [-0.1, -0.05) is 29.8 Å². The lowest BCUT2D eigenvalue weighted by molar-refractivity contribution is 0.0946. The monoisotopic (exact) mass is 374 g/mol. The summed E-state index contributed by atoms with van der Waals surface area (Å²) in [4.78, 5) is 22.6. The van der Waals surface area contributed by atoms with Crippen molar-refractivity contribution in [3.8, 4) is 0 Å². The first-order valence-electron chi connectivity index (χ1n) is 8.44. The lowest BCUT2D eigenvalue weighted by Gasteiger charge is -2.23. The molecular weight excluding hydrogens is 352 g/mol. The van der Waals surface area contributed by atoms with Gasteiger partial charge in [0.15, 0.2) is 9.84 Å². The van der Waals surface area contributed by atoms with Crippen LogP contribution in [0.4, 0.5) is 5.95 Å². The quantitative estimate of drug-likeness (QED) is 0.849. The Labute approximate surface area is 153 Å². The number of sulfone groups is 1. The largest absolute Gasteiger partial charge is 0.347 e. The highest BCUT2D eigenvalue weighted by Crippen LogP contribution is 2.20. The van der Waals surface area contributed by atoms with Crippen LogP contribution in [0.15, 0.2) is 36.5 Å². The fourth-order valence-electron chi connectivity index (χ4n) is 2.87. The standard InChI is InChI=1S/C18H22N4O3S/c1-13-3-5-14(6-4-13)11-20-17(23)16-7-9-19-18(21-16)22(2)15-8-10-26(24,25)12-15/h3-7,9,15H,8,10-12H2,1-2H3,(H,20,23). The predicted molar refractivity (Wildman–Crippen MR) is 99.8 cm³/mol. The van der Waals surface area contributed by atoms with Gasteiger partial charge in [-0.25, -0.2) is 18.4 Å². The van der Waals surface area contributed by atoms with E-state index in [2.05, 4.69) is 15.3 Å². The van der Waals surface area contributed by atoms with Crippen molar-refractivity contribution in [3.05, 3.63) is 53.3 Å². The van der Waals surface area contributed by atoms with E-state index in [1.54, 1.807) is 18.0 Å². The normalized spacial score (nSPS) is 18.5. The summed E-state index contributed by atoms with van der Waals surface area (Å²) in [5, 5.41) is 2.84. The molecule has 1 atom stereocenters. The number of anilines is 1. The molecule has 26 heavy (non-hydrogen) atoms. The van der Waals surface area contributed by atoms with Crippen molar-refractivity contribution in [2.45, 2.75) is 25.9 Å². The summed E-state index contributed by atoms with van der Waals surface area (Å²) >= 11 is 0. The van der Waals surface area contributed by atoms with E-state index in [1.807, 2.05) is 31.2 Å². The van der Waals surface area contributed by atoms with Crippen molar-refractivity contribution in [2.24, 2.45) is 0 Å². The van der Waals surface area contributed by atoms with Crippen LogP contribution in [-0.4, -0.2) is 48.9 Å². The molecule has 138 valence electrons. The average molecular weight is 374 g/mol. The van der Waals surface area contributed by atoms with Gasteiger partial charge < -0.3 is 10.2 Å². The van der Waals surface area contributed by atoms with Gasteiger partial charge in [0.05, 0.1) is 11.5 Å². The number of nitrogens with one attached hydrogen (secondary N) is 1. The number of aryl methyl sites for hydroxylation is 1. The molecule has 0 aliphatic carbocycles. The van der Waals surface area contributed by atoms with E-state index in [-0.39, 0.29) is 29.1 Å². The summed E-state index contributed by atoms with van der Waals surface area (Å²) in [6, 6.07) is 9.31. The zero-order chi connectivity index (χ0) is 18.7. The Hall–Kier alpha value is -2.48. The molecule has 1 aliphatic rings. The smallest absolute Gasteiger partial charge is 0.270 e. The van der Waals surface area contributed by atoms with Gasteiger partial charge in [-0.2, -0.15) is 0 Å². The van der Waals surface area contributed by atoms with E-state index in [0.717, 1.165) is 11.1 Å². The minimum Gasteiger partial charge on any atom is -0.347 e. The van der Waals surface area contributed by atoms with E-state index in [4.69, 9.17) is 0 Å². The number of amides is 1. The van der Waals surface area contributed by atoms with Crippen LogP contribution in [0.5, 0.6) is 0 Å². The van der Waals surface area contributed by atoms with E-state index in [0.29, 0.717) is 18.9 Å². The van der Waals surface area contributed by atoms with Crippen molar-refractivity contribution < 1.29 is 13.2 Å². The second-order valence-corrected chi connectivity index (χ2v) is 8.81. The molecule has 1 aromatic carbocycles. The number of hydrogen-bond acceptors (Lipinski definition) is 6. The van der Waals surface area contributed by atoms with Gasteiger partial charge in [-0.3, -0.25) is 4.79 Å². The van der Waals surface area contributed by atoms with Gasteiger partial charge in [-0.15, -0.1) is 0 Å². The number of rotatable bonds is 5. The van der Waals surface area contributed by atoms with Crippen LogP contribution in [0.25, 0.3) is 0 Å². The van der Waals surface area contributed by atoms with Crippen molar-refractivity contribution in [1.82, 2.24) is 15.3 Å². The third-order valence-electron chi connectivity index (χ3n) is 4.52. The highest BCUT2D eigenvalue weighted by molar-refractivity contribution is 7.91. The fourth-order valence-corrected chi connectivity index (χ4v) is 4.64. The maximum atomic E-state index is 12.4. The molecule has 0 radical (unpaired) electrons. The third kappa shape index (κ3) is 4.37. The molecule has 1 unspecified atom stereocenters. The summed E-state index contributed by atoms with van der Waals surface area (Å²) < 4.78 is 23.3. The first-order chi connectivity index (χ1) is 12.3. The molecule has 1 aromatic heterocycles. The van der Waals surface area contributed by atoms with Crippen LogP contribution >= 0.6 is 0 Å². The number of nitrogens with zero attached hydrogens (tertiary/aromatic N) is 3. The molecule has 2 aromatic rings. The van der Waals surface area contributed by atoms with E-state index >= 15 is 0 Å². The van der Waals surface area contributed by atoms with Crippen LogP contribution in [0, 0.1) is 6.92 Å². The molecule has 0 bridgehead atoms. The number of hydrogen-bond donors (Lipinski definition) is 1. The molecule has 1 saturated heterocycles. The Morgan fingerprint density at radius 3 is 2.65 bits per heavy atom. The molecule has 1 amide bonds. The minimum atomic E-state index is -2.99. The highest BCUT2D eigenvalue weighted by Gasteiger charge is 2.31. The molecule has 8 heteroatoms. The Morgan fingerprint density at radius 1 is 1.27 bits per heavy atom. The summed E-state index contributed by atoms with van der Waals surface area (Å²) in [6.07, 6.45) is 2.06. The van der Waals surface area contributed by atoms with Crippen molar-refractivity contribution in [3.63, 3.8) is 0 Å². The van der Waals surface area contributed by atoms with Gasteiger partial charge in [0.2, 0.25) is 5.95 Å². The van der Waals surface area contributed by atoms with Gasteiger partial charge in [0.1, 0.15) is 5.69 Å². The lowest BCUT2D eigenvalue weighted by atomic mass is 10.1. The predicted octanol–water partition coefficient (Wildman–Crippen LogP) is 1.34. The zero-order valence-electron chi connectivity index (χ0n) is 14.8. The average Bonchev–Trinajstić information content (AvgIpc) is 3.00. The van der Waals surface area contributed by atoms with Crippen molar-refractivity contribution in [2.75, 3.05) is 23.5 Å². The van der Waals surface area contributed by atoms with Gasteiger partial charge in [-0.05, 0) is 25.0 Å². The van der Waals surface area contributed by atoms with Gasteiger partial charge in [0, 0.05) is 25.8 Å². The Kier molecular flexibility index (Phi) is 5.22. The Bertz CT molecular complexity index is 897. The van der Waals surface area contributed by atoms with Gasteiger partial charge in [0.25, 0.3) is 5.91 Å². The second-order valence-electron chi connectivity index (χ2n) is 6.58. The number of carbonyl (C=O) groups excluding carboxylic acids is 1. The first kappa shape index (κ1) is 18.3. The van der Waals surface area contributed by atoms with E-state index < -0.39 is 9.84 Å². The SMILES string of the molecule is Cc1ccc(CNC(=O)c2ccnc(N(C)C3CCS(=O)(=O)C3)n2)cc1. The Morgan fingerprint density at radius 2 is 2.00 bits per heavy atom. The van der Waals surface area contributed by atoms with E-state index in [9.17, 15) is 13.2 Å². The van der Waals surface area contributed by atoms with Crippen LogP contribution in [0.2, 0.25) is 0 Å². The van der Waals surface area contributed by atoms with Crippen molar-refractivity contribution in [1.29, 1.82) is 0 Å². The number of benzene rings is 1. The topological polar surface area (TPSA) is 92.3 Å². The summed E-state index contributed by atoms with van der Waals surface area (Å²) in [7, 11) is -1.24. The van der Waals surface area contributed by atoms with Crippen LogP contribution in [0.1, 0.15) is 28.0 Å². The number of aromatic nitrogens is 2. The summed E-state index contributed by atoms with van der Waals surface area (Å²) in [6.45, 7) is 2.42. The highest BCUT2D eigenvalue weighted by atomic mass is 32.2. The molecule has 1 N–H and O–H groups in total. The fraction of sp³-hybridized carbons (Fsp3) is 0.389. The van der Waals surface area contributed by atoms with Crippen LogP contribution in [-0.2, 0) is 16.4 Å². The number of carbonyl (C=O) groups is 1. The molecule has 7 nitrogen and oxygen atoms in total. The van der Waals surface area contributed by atoms with Gasteiger partial charge >= 0.3 is 0 Å². The molecule has 2 heterocycles.